The standard InChI is InChI=1S/C18H26BrNO2Si/c1-18(2,3)23(5,6)22-12-11-14-15(19)9-7-13-8-10-16(21-4)20-17(13)14/h7-10H,11-12H2,1-6H3. The minimum atomic E-state index is -1.72. The minimum absolute atomic E-state index is 0.227. The second-order valence-corrected chi connectivity index (χ2v) is 13.0. The van der Waals surface area contributed by atoms with Crippen molar-refractivity contribution in [3.05, 3.63) is 34.3 Å². The fourth-order valence-electron chi connectivity index (χ4n) is 2.18. The van der Waals surface area contributed by atoms with E-state index < -0.39 is 8.32 Å². The second kappa shape index (κ2) is 6.91. The average molecular weight is 396 g/mol. The summed E-state index contributed by atoms with van der Waals surface area (Å²) < 4.78 is 12.7. The zero-order valence-electron chi connectivity index (χ0n) is 14.9. The van der Waals surface area contributed by atoms with E-state index in [4.69, 9.17) is 9.16 Å². The largest absolute Gasteiger partial charge is 0.481 e. The van der Waals surface area contributed by atoms with Gasteiger partial charge in [-0.05, 0) is 42.2 Å². The van der Waals surface area contributed by atoms with Gasteiger partial charge in [-0.3, -0.25) is 0 Å². The first-order chi connectivity index (χ1) is 10.7. The number of fused-ring (bicyclic) bond motifs is 1. The van der Waals surface area contributed by atoms with Crippen molar-refractivity contribution in [1.29, 1.82) is 0 Å². The Labute approximate surface area is 148 Å². The molecule has 0 aliphatic heterocycles. The first-order valence-corrected chi connectivity index (χ1v) is 11.6. The van der Waals surface area contributed by atoms with Crippen molar-refractivity contribution in [2.24, 2.45) is 0 Å². The first-order valence-electron chi connectivity index (χ1n) is 7.92. The number of methoxy groups -OCH3 is 1. The molecule has 2 aromatic rings. The van der Waals surface area contributed by atoms with Crippen LogP contribution in [0.2, 0.25) is 18.1 Å². The van der Waals surface area contributed by atoms with Gasteiger partial charge in [0.2, 0.25) is 5.88 Å². The number of pyridine rings is 1. The van der Waals surface area contributed by atoms with E-state index in [9.17, 15) is 0 Å². The molecule has 0 amide bonds. The second-order valence-electron chi connectivity index (χ2n) is 7.31. The molecule has 23 heavy (non-hydrogen) atoms. The molecule has 126 valence electrons. The third kappa shape index (κ3) is 4.14. The van der Waals surface area contributed by atoms with Crippen LogP contribution in [-0.4, -0.2) is 27.0 Å². The van der Waals surface area contributed by atoms with E-state index in [1.54, 1.807) is 7.11 Å². The Morgan fingerprint density at radius 2 is 1.78 bits per heavy atom. The third-order valence-electron chi connectivity index (χ3n) is 4.71. The predicted octanol–water partition coefficient (Wildman–Crippen LogP) is 5.57. The summed E-state index contributed by atoms with van der Waals surface area (Å²) in [6.45, 7) is 12.1. The van der Waals surface area contributed by atoms with Crippen LogP contribution in [0.4, 0.5) is 0 Å². The molecule has 0 bridgehead atoms. The summed E-state index contributed by atoms with van der Waals surface area (Å²) in [6, 6.07) is 8.10. The highest BCUT2D eigenvalue weighted by atomic mass is 79.9. The summed E-state index contributed by atoms with van der Waals surface area (Å²) in [5.41, 5.74) is 2.16. The summed E-state index contributed by atoms with van der Waals surface area (Å²) in [7, 11) is -0.0766. The van der Waals surface area contributed by atoms with E-state index in [-0.39, 0.29) is 5.04 Å². The highest BCUT2D eigenvalue weighted by molar-refractivity contribution is 9.10. The molecule has 0 spiro atoms. The Morgan fingerprint density at radius 3 is 2.39 bits per heavy atom. The van der Waals surface area contributed by atoms with Crippen LogP contribution in [0.3, 0.4) is 0 Å². The van der Waals surface area contributed by atoms with Gasteiger partial charge < -0.3 is 9.16 Å². The third-order valence-corrected chi connectivity index (χ3v) is 10.00. The van der Waals surface area contributed by atoms with Gasteiger partial charge in [-0.15, -0.1) is 0 Å². The molecule has 2 rings (SSSR count). The molecule has 0 atom stereocenters. The molecular weight excluding hydrogens is 370 g/mol. The van der Waals surface area contributed by atoms with Crippen LogP contribution in [0.25, 0.3) is 10.9 Å². The molecule has 1 aromatic carbocycles. The molecule has 5 heteroatoms. The Kier molecular flexibility index (Phi) is 5.54. The topological polar surface area (TPSA) is 31.4 Å². The predicted molar refractivity (Wildman–Crippen MR) is 103 cm³/mol. The lowest BCUT2D eigenvalue weighted by atomic mass is 10.1. The monoisotopic (exact) mass is 395 g/mol. The summed E-state index contributed by atoms with van der Waals surface area (Å²) >= 11 is 3.66. The van der Waals surface area contributed by atoms with Crippen LogP contribution in [0.15, 0.2) is 28.7 Å². The molecule has 0 aliphatic carbocycles. The van der Waals surface area contributed by atoms with Gasteiger partial charge in [0.05, 0.1) is 12.6 Å². The maximum atomic E-state index is 6.32. The van der Waals surface area contributed by atoms with Gasteiger partial charge in [-0.2, -0.15) is 0 Å². The van der Waals surface area contributed by atoms with Crippen LogP contribution in [0.1, 0.15) is 26.3 Å². The van der Waals surface area contributed by atoms with Crippen molar-refractivity contribution in [3.63, 3.8) is 0 Å². The number of rotatable bonds is 5. The van der Waals surface area contributed by atoms with E-state index in [0.29, 0.717) is 12.5 Å². The maximum absolute atomic E-state index is 6.32. The van der Waals surface area contributed by atoms with Crippen LogP contribution < -0.4 is 4.74 Å². The van der Waals surface area contributed by atoms with Crippen molar-refractivity contribution in [2.75, 3.05) is 13.7 Å². The van der Waals surface area contributed by atoms with Crippen LogP contribution in [-0.2, 0) is 10.8 Å². The summed E-state index contributed by atoms with van der Waals surface area (Å²) in [5, 5.41) is 1.35. The molecule has 0 unspecified atom stereocenters. The van der Waals surface area contributed by atoms with E-state index in [2.05, 4.69) is 66.9 Å². The van der Waals surface area contributed by atoms with Gasteiger partial charge in [0, 0.05) is 22.5 Å². The SMILES string of the molecule is COc1ccc2ccc(Br)c(CCO[Si](C)(C)C(C)(C)C)c2n1. The number of ether oxygens (including phenoxy) is 1. The highest BCUT2D eigenvalue weighted by Crippen LogP contribution is 2.37. The number of nitrogens with zero attached hydrogens (tertiary/aromatic N) is 1. The van der Waals surface area contributed by atoms with Crippen LogP contribution in [0.5, 0.6) is 5.88 Å². The molecule has 0 fully saturated rings. The molecule has 0 saturated carbocycles. The van der Waals surface area contributed by atoms with E-state index >= 15 is 0 Å². The van der Waals surface area contributed by atoms with Crippen molar-refractivity contribution in [1.82, 2.24) is 4.98 Å². The summed E-state index contributed by atoms with van der Waals surface area (Å²) in [6.07, 6.45) is 0.838. The van der Waals surface area contributed by atoms with Crippen molar-refractivity contribution in [2.45, 2.75) is 45.3 Å². The molecule has 0 radical (unpaired) electrons. The lowest BCUT2D eigenvalue weighted by molar-refractivity contribution is 0.292. The Bertz CT molecular complexity index is 695. The van der Waals surface area contributed by atoms with Gasteiger partial charge in [0.1, 0.15) is 0 Å². The lowest BCUT2D eigenvalue weighted by Gasteiger charge is -2.36. The van der Waals surface area contributed by atoms with Gasteiger partial charge in [-0.25, -0.2) is 4.98 Å². The number of aromatic nitrogens is 1. The van der Waals surface area contributed by atoms with E-state index in [1.807, 2.05) is 12.1 Å². The molecule has 1 aromatic heterocycles. The van der Waals surface area contributed by atoms with Gasteiger partial charge in [0.25, 0.3) is 0 Å². The Balaban J connectivity index is 2.24. The quantitative estimate of drug-likeness (QED) is 0.619. The number of hydrogen-bond donors (Lipinski definition) is 0. The fourth-order valence-corrected chi connectivity index (χ4v) is 3.74. The van der Waals surface area contributed by atoms with Gasteiger partial charge in [0.15, 0.2) is 8.32 Å². The molecular formula is C18H26BrNO2Si. The van der Waals surface area contributed by atoms with Crippen molar-refractivity contribution in [3.8, 4) is 5.88 Å². The number of benzene rings is 1. The average Bonchev–Trinajstić information content (AvgIpc) is 2.47. The van der Waals surface area contributed by atoms with Crippen molar-refractivity contribution < 1.29 is 9.16 Å². The Hall–Kier alpha value is -0.913. The van der Waals surface area contributed by atoms with Gasteiger partial charge >= 0.3 is 0 Å². The van der Waals surface area contributed by atoms with Crippen LogP contribution in [0, 0.1) is 0 Å². The highest BCUT2D eigenvalue weighted by Gasteiger charge is 2.36. The molecule has 0 aliphatic rings. The molecule has 0 N–H and O–H groups in total. The van der Waals surface area contributed by atoms with E-state index in [1.165, 1.54) is 5.56 Å². The molecule has 3 nitrogen and oxygen atoms in total. The summed E-state index contributed by atoms with van der Waals surface area (Å²) in [4.78, 5) is 4.62. The normalized spacial score (nSPS) is 12.7. The van der Waals surface area contributed by atoms with Crippen LogP contribution >= 0.6 is 15.9 Å². The first kappa shape index (κ1) is 18.4. The lowest BCUT2D eigenvalue weighted by Crippen LogP contribution is -2.41. The Morgan fingerprint density at radius 1 is 1.13 bits per heavy atom. The van der Waals surface area contributed by atoms with Gasteiger partial charge in [-0.1, -0.05) is 42.8 Å². The zero-order valence-corrected chi connectivity index (χ0v) is 17.5. The van der Waals surface area contributed by atoms with E-state index in [0.717, 1.165) is 21.8 Å². The number of hydrogen-bond acceptors (Lipinski definition) is 3. The smallest absolute Gasteiger partial charge is 0.213 e. The minimum Gasteiger partial charge on any atom is -0.481 e. The fraction of sp³-hybridized carbons (Fsp3) is 0.500. The maximum Gasteiger partial charge on any atom is 0.213 e. The molecule has 0 saturated heterocycles. The molecule has 1 heterocycles. The van der Waals surface area contributed by atoms with Crippen molar-refractivity contribution >= 4 is 35.2 Å². The zero-order chi connectivity index (χ0) is 17.3. The summed E-state index contributed by atoms with van der Waals surface area (Å²) in [5.74, 6) is 0.641. The number of halogens is 1.